The van der Waals surface area contributed by atoms with Gasteiger partial charge in [0.2, 0.25) is 0 Å². The summed E-state index contributed by atoms with van der Waals surface area (Å²) in [4.78, 5) is 14.8. The first-order valence-electron chi connectivity index (χ1n) is 5.97. The first-order chi connectivity index (χ1) is 9.56. The summed E-state index contributed by atoms with van der Waals surface area (Å²) in [6.07, 6.45) is 4.75. The molecule has 1 aromatic carbocycles. The van der Waals surface area contributed by atoms with E-state index < -0.39 is 0 Å². The third-order valence-corrected chi connectivity index (χ3v) is 3.28. The van der Waals surface area contributed by atoms with Crippen LogP contribution in [0.1, 0.15) is 11.1 Å². The number of aryl methyl sites for hydroxylation is 1. The van der Waals surface area contributed by atoms with Crippen molar-refractivity contribution in [1.29, 1.82) is 0 Å². The summed E-state index contributed by atoms with van der Waals surface area (Å²) < 4.78 is 0. The predicted molar refractivity (Wildman–Crippen MR) is 81.9 cm³/mol. The van der Waals surface area contributed by atoms with Crippen molar-refractivity contribution in [2.75, 3.05) is 5.32 Å². The Bertz CT molecular complexity index is 648. The lowest BCUT2D eigenvalue weighted by Gasteiger charge is -2.00. The SMILES string of the molecule is Cc1cc[nH+]c(NC(=O)C=Cc2c(Cl)cccc2Cl)c1. The number of carbonyl (C=O) groups is 1. The summed E-state index contributed by atoms with van der Waals surface area (Å²) in [6.45, 7) is 1.95. The van der Waals surface area contributed by atoms with E-state index in [0.717, 1.165) is 5.56 Å². The highest BCUT2D eigenvalue weighted by atomic mass is 35.5. The lowest BCUT2D eigenvalue weighted by molar-refractivity contribution is -0.360. The first-order valence-corrected chi connectivity index (χ1v) is 6.73. The molecule has 0 saturated carbocycles. The molecule has 3 nitrogen and oxygen atoms in total. The quantitative estimate of drug-likeness (QED) is 0.862. The second-order valence-corrected chi connectivity index (χ2v) is 5.05. The van der Waals surface area contributed by atoms with E-state index in [4.69, 9.17) is 23.2 Å². The minimum Gasteiger partial charge on any atom is -0.247 e. The van der Waals surface area contributed by atoms with Crippen LogP contribution >= 0.6 is 23.2 Å². The van der Waals surface area contributed by atoms with Gasteiger partial charge in [0.05, 0.1) is 6.20 Å². The van der Waals surface area contributed by atoms with Crippen LogP contribution in [0, 0.1) is 6.92 Å². The molecule has 0 bridgehead atoms. The zero-order chi connectivity index (χ0) is 14.5. The molecule has 1 heterocycles. The molecule has 2 aromatic rings. The molecule has 2 N–H and O–H groups in total. The summed E-state index contributed by atoms with van der Waals surface area (Å²) in [5, 5.41) is 3.73. The molecule has 0 fully saturated rings. The number of hydrogen-bond donors (Lipinski definition) is 1. The summed E-state index contributed by atoms with van der Waals surface area (Å²) >= 11 is 12.0. The second-order valence-electron chi connectivity index (χ2n) is 4.24. The van der Waals surface area contributed by atoms with E-state index in [1.165, 1.54) is 6.08 Å². The number of amides is 1. The van der Waals surface area contributed by atoms with Crippen molar-refractivity contribution < 1.29 is 9.78 Å². The number of anilines is 1. The van der Waals surface area contributed by atoms with Gasteiger partial charge >= 0.3 is 5.91 Å². The molecule has 0 aliphatic heterocycles. The Labute approximate surface area is 127 Å². The average molecular weight is 308 g/mol. The van der Waals surface area contributed by atoms with Gasteiger partial charge in [0.1, 0.15) is 0 Å². The van der Waals surface area contributed by atoms with Crippen molar-refractivity contribution in [3.8, 4) is 0 Å². The van der Waals surface area contributed by atoms with Gasteiger partial charge in [-0.3, -0.25) is 0 Å². The molecule has 2 rings (SSSR count). The Morgan fingerprint density at radius 3 is 2.60 bits per heavy atom. The summed E-state index contributed by atoms with van der Waals surface area (Å²) in [5.74, 6) is 0.368. The highest BCUT2D eigenvalue weighted by molar-refractivity contribution is 6.37. The zero-order valence-corrected chi connectivity index (χ0v) is 12.3. The van der Waals surface area contributed by atoms with Crippen LogP contribution in [0.25, 0.3) is 6.08 Å². The lowest BCUT2D eigenvalue weighted by atomic mass is 10.2. The molecular formula is C15H13Cl2N2O+. The number of aromatic amines is 1. The van der Waals surface area contributed by atoms with Crippen LogP contribution in [-0.4, -0.2) is 5.91 Å². The van der Waals surface area contributed by atoms with E-state index in [1.54, 1.807) is 30.5 Å². The molecule has 102 valence electrons. The molecule has 0 spiro atoms. The van der Waals surface area contributed by atoms with Gasteiger partial charge in [0, 0.05) is 27.8 Å². The molecule has 0 atom stereocenters. The average Bonchev–Trinajstić information content (AvgIpc) is 2.38. The molecule has 1 aromatic heterocycles. The smallest absolute Gasteiger partial charge is 0.247 e. The number of pyridine rings is 1. The first kappa shape index (κ1) is 14.6. The Balaban J connectivity index is 2.10. The van der Waals surface area contributed by atoms with Crippen molar-refractivity contribution in [3.05, 3.63) is 63.8 Å². The maximum Gasteiger partial charge on any atom is 0.331 e. The molecule has 0 aliphatic carbocycles. The maximum absolute atomic E-state index is 11.8. The summed E-state index contributed by atoms with van der Waals surface area (Å²) in [7, 11) is 0. The van der Waals surface area contributed by atoms with Gasteiger partial charge < -0.3 is 0 Å². The lowest BCUT2D eigenvalue weighted by Crippen LogP contribution is -2.17. The molecule has 0 aliphatic rings. The van der Waals surface area contributed by atoms with Crippen LogP contribution < -0.4 is 10.3 Å². The van der Waals surface area contributed by atoms with Gasteiger partial charge in [-0.2, -0.15) is 0 Å². The van der Waals surface area contributed by atoms with Gasteiger partial charge in [-0.25, -0.2) is 15.1 Å². The monoisotopic (exact) mass is 307 g/mol. The van der Waals surface area contributed by atoms with Crippen LogP contribution in [0.5, 0.6) is 0 Å². The van der Waals surface area contributed by atoms with Crippen LogP contribution in [0.15, 0.2) is 42.6 Å². The number of carbonyl (C=O) groups excluding carboxylic acids is 1. The van der Waals surface area contributed by atoms with Gasteiger partial charge in [-0.15, -0.1) is 0 Å². The maximum atomic E-state index is 11.8. The summed E-state index contributed by atoms with van der Waals surface area (Å²) in [5.41, 5.74) is 1.68. The van der Waals surface area contributed by atoms with Gasteiger partial charge in [0.25, 0.3) is 5.82 Å². The molecular weight excluding hydrogens is 295 g/mol. The summed E-state index contributed by atoms with van der Waals surface area (Å²) in [6, 6.07) is 8.95. The number of rotatable bonds is 3. The fourth-order valence-corrected chi connectivity index (χ4v) is 2.18. The minimum absolute atomic E-state index is 0.261. The van der Waals surface area contributed by atoms with E-state index in [2.05, 4.69) is 10.3 Å². The molecule has 1 amide bonds. The zero-order valence-electron chi connectivity index (χ0n) is 10.8. The molecule has 0 saturated heterocycles. The van der Waals surface area contributed by atoms with Gasteiger partial charge in [-0.1, -0.05) is 29.3 Å². The number of hydrogen-bond acceptors (Lipinski definition) is 1. The highest BCUT2D eigenvalue weighted by Gasteiger charge is 2.07. The Kier molecular flexibility index (Phi) is 4.77. The second kappa shape index (κ2) is 6.55. The molecule has 20 heavy (non-hydrogen) atoms. The van der Waals surface area contributed by atoms with E-state index in [9.17, 15) is 4.79 Å². The number of H-pyrrole nitrogens is 1. The van der Waals surface area contributed by atoms with Crippen molar-refractivity contribution in [2.24, 2.45) is 0 Å². The van der Waals surface area contributed by atoms with Gasteiger partial charge in [0.15, 0.2) is 0 Å². The molecule has 0 unspecified atom stereocenters. The van der Waals surface area contributed by atoms with Crippen LogP contribution in [0.4, 0.5) is 5.82 Å². The predicted octanol–water partition coefficient (Wildman–Crippen LogP) is 3.77. The number of nitrogens with one attached hydrogen (secondary N) is 2. The third kappa shape index (κ3) is 3.83. The largest absolute Gasteiger partial charge is 0.331 e. The van der Waals surface area contributed by atoms with E-state index >= 15 is 0 Å². The minimum atomic E-state index is -0.261. The third-order valence-electron chi connectivity index (χ3n) is 2.62. The Morgan fingerprint density at radius 1 is 1.25 bits per heavy atom. The topological polar surface area (TPSA) is 43.2 Å². The van der Waals surface area contributed by atoms with E-state index in [0.29, 0.717) is 21.4 Å². The fraction of sp³-hybridized carbons (Fsp3) is 0.0667. The van der Waals surface area contributed by atoms with Crippen LogP contribution in [-0.2, 0) is 4.79 Å². The van der Waals surface area contributed by atoms with Crippen molar-refractivity contribution in [2.45, 2.75) is 6.92 Å². The standard InChI is InChI=1S/C15H12Cl2N2O/c1-10-7-8-18-14(9-10)19-15(20)6-5-11-12(16)3-2-4-13(11)17/h2-9H,1H3,(H,18,19,20)/p+1. The Morgan fingerprint density at radius 2 is 1.95 bits per heavy atom. The van der Waals surface area contributed by atoms with E-state index in [-0.39, 0.29) is 5.91 Å². The number of aromatic nitrogens is 1. The highest BCUT2D eigenvalue weighted by Crippen LogP contribution is 2.25. The van der Waals surface area contributed by atoms with Crippen LogP contribution in [0.3, 0.4) is 0 Å². The van der Waals surface area contributed by atoms with Crippen LogP contribution in [0.2, 0.25) is 10.0 Å². The van der Waals surface area contributed by atoms with E-state index in [1.807, 2.05) is 19.1 Å². The van der Waals surface area contributed by atoms with Crippen molar-refractivity contribution >= 4 is 41.0 Å². The number of halogens is 2. The van der Waals surface area contributed by atoms with Crippen molar-refractivity contribution in [3.63, 3.8) is 0 Å². The van der Waals surface area contributed by atoms with Crippen molar-refractivity contribution in [1.82, 2.24) is 0 Å². The molecule has 5 heteroatoms. The number of benzene rings is 1. The normalized spacial score (nSPS) is 10.8. The Hall–Kier alpha value is -1.84. The molecule has 0 radical (unpaired) electrons. The van der Waals surface area contributed by atoms with Gasteiger partial charge in [-0.05, 0) is 36.8 Å². The fourth-order valence-electron chi connectivity index (χ4n) is 1.66.